The van der Waals surface area contributed by atoms with Crippen molar-refractivity contribution in [3.8, 4) is 22.8 Å². The standard InChI is InChI=1S/C36H42N2O4.Na/c1-23(35(39)40)34(25-5-6-25)28-7-4-24-9-11-31(42-32(24)19-28)27-8-10-30(26-12-16-37-33(20-26)41-2)29(18-27)21-38-17-3-13-36(22-38)14-15-36;/h4,7-8,10,12,16,18-20,23,25,31,34H,3,5-6,9,11,13-15,17,21-22H2,1-2H3,(H,39,40);/q;+1/p-1/t23-,31?,34-;/m0./s1. The number of nitrogens with zero attached hydrogens (tertiary/aromatic N) is 2. The van der Waals surface area contributed by atoms with Crippen molar-refractivity contribution in [1.29, 1.82) is 0 Å². The summed E-state index contributed by atoms with van der Waals surface area (Å²) in [6, 6.07) is 17.3. The summed E-state index contributed by atoms with van der Waals surface area (Å²) in [6.45, 7) is 5.05. The molecule has 0 amide bonds. The van der Waals surface area contributed by atoms with Crippen molar-refractivity contribution >= 4 is 5.97 Å². The monoisotopic (exact) mass is 588 g/mol. The van der Waals surface area contributed by atoms with E-state index in [1.807, 2.05) is 12.3 Å². The van der Waals surface area contributed by atoms with Gasteiger partial charge in [-0.1, -0.05) is 37.3 Å². The summed E-state index contributed by atoms with van der Waals surface area (Å²) in [7, 11) is 1.66. The fourth-order valence-electron chi connectivity index (χ4n) is 7.59. The Balaban J connectivity index is 0.00000329. The third kappa shape index (κ3) is 6.54. The van der Waals surface area contributed by atoms with E-state index in [0.29, 0.717) is 17.2 Å². The minimum atomic E-state index is -0.968. The van der Waals surface area contributed by atoms with E-state index in [-0.39, 0.29) is 41.6 Å². The minimum Gasteiger partial charge on any atom is -0.550 e. The molecule has 3 aromatic rings. The molecule has 2 saturated carbocycles. The summed E-state index contributed by atoms with van der Waals surface area (Å²) >= 11 is 0. The second kappa shape index (κ2) is 12.5. The van der Waals surface area contributed by atoms with Crippen LogP contribution in [0, 0.1) is 17.3 Å². The largest absolute Gasteiger partial charge is 1.00 e. The second-order valence-corrected chi connectivity index (χ2v) is 13.3. The number of carboxylic acid groups (broad SMARTS) is 1. The maximum Gasteiger partial charge on any atom is 1.00 e. The molecule has 2 aliphatic carbocycles. The number of piperidine rings is 1. The molecule has 0 radical (unpaired) electrons. The van der Waals surface area contributed by atoms with Crippen LogP contribution in [-0.2, 0) is 17.8 Å². The SMILES string of the molecule is COc1cc(-c2ccc(C3CCc4ccc([C@H](C5CC5)[C@H](C)C(=O)[O-])cc4O3)cc2CN2CCCC3(CC3)C2)ccn1.[Na+]. The van der Waals surface area contributed by atoms with Crippen molar-refractivity contribution in [2.24, 2.45) is 17.3 Å². The minimum absolute atomic E-state index is 0. The second-order valence-electron chi connectivity index (χ2n) is 13.3. The van der Waals surface area contributed by atoms with Crippen LogP contribution in [-0.4, -0.2) is 36.1 Å². The Morgan fingerprint density at radius 2 is 1.95 bits per heavy atom. The number of aliphatic carboxylic acids is 1. The van der Waals surface area contributed by atoms with Crippen LogP contribution in [0.25, 0.3) is 11.1 Å². The van der Waals surface area contributed by atoms with Crippen LogP contribution in [0.3, 0.4) is 0 Å². The number of hydrogen-bond donors (Lipinski definition) is 0. The molecule has 7 rings (SSSR count). The zero-order chi connectivity index (χ0) is 28.8. The number of carbonyl (C=O) groups excluding carboxylic acids is 1. The van der Waals surface area contributed by atoms with Crippen molar-refractivity contribution < 1.29 is 48.9 Å². The van der Waals surface area contributed by atoms with Crippen LogP contribution < -0.4 is 44.1 Å². The number of aromatic nitrogens is 1. The molecule has 0 N–H and O–H groups in total. The summed E-state index contributed by atoms with van der Waals surface area (Å²) in [4.78, 5) is 18.8. The molecule has 3 fully saturated rings. The van der Waals surface area contributed by atoms with Gasteiger partial charge in [0.2, 0.25) is 5.88 Å². The van der Waals surface area contributed by atoms with Crippen LogP contribution >= 0.6 is 0 Å². The smallest absolute Gasteiger partial charge is 0.550 e. The Morgan fingerprint density at radius 1 is 1.12 bits per heavy atom. The number of carbonyl (C=O) groups is 1. The number of rotatable bonds is 9. The Hall–Kier alpha value is -2.38. The summed E-state index contributed by atoms with van der Waals surface area (Å²) in [6.07, 6.45) is 11.2. The van der Waals surface area contributed by atoms with Crippen molar-refractivity contribution in [1.82, 2.24) is 9.88 Å². The number of methoxy groups -OCH3 is 1. The van der Waals surface area contributed by atoms with Gasteiger partial charge in [-0.2, -0.15) is 0 Å². The van der Waals surface area contributed by atoms with Gasteiger partial charge in [0.15, 0.2) is 0 Å². The number of carboxylic acids is 1. The molecule has 7 heteroatoms. The first-order valence-electron chi connectivity index (χ1n) is 15.8. The molecule has 3 heterocycles. The molecule has 1 spiro atoms. The summed E-state index contributed by atoms with van der Waals surface area (Å²) in [5.74, 6) is 0.438. The number of aryl methyl sites for hydroxylation is 1. The third-order valence-corrected chi connectivity index (χ3v) is 10.3. The quantitative estimate of drug-likeness (QED) is 0.358. The van der Waals surface area contributed by atoms with Gasteiger partial charge in [0.05, 0.1) is 7.11 Å². The molecule has 1 unspecified atom stereocenters. The summed E-state index contributed by atoms with van der Waals surface area (Å²) in [5, 5.41) is 11.8. The van der Waals surface area contributed by atoms with E-state index >= 15 is 0 Å². The van der Waals surface area contributed by atoms with E-state index in [0.717, 1.165) is 55.6 Å². The first-order valence-corrected chi connectivity index (χ1v) is 15.8. The van der Waals surface area contributed by atoms with E-state index in [9.17, 15) is 9.90 Å². The van der Waals surface area contributed by atoms with Crippen molar-refractivity contribution in [2.75, 3.05) is 20.2 Å². The van der Waals surface area contributed by atoms with E-state index in [1.54, 1.807) is 14.0 Å². The van der Waals surface area contributed by atoms with Crippen LogP contribution in [0.5, 0.6) is 11.6 Å². The van der Waals surface area contributed by atoms with E-state index < -0.39 is 11.9 Å². The fraction of sp³-hybridized carbons (Fsp3) is 0.500. The first-order chi connectivity index (χ1) is 20.4. The van der Waals surface area contributed by atoms with E-state index in [4.69, 9.17) is 9.47 Å². The molecule has 0 bridgehead atoms. The molecular formula is C36H41N2NaO4. The number of pyridine rings is 1. The topological polar surface area (TPSA) is 74.7 Å². The van der Waals surface area contributed by atoms with Crippen LogP contribution in [0.4, 0.5) is 0 Å². The first kappa shape index (κ1) is 30.6. The van der Waals surface area contributed by atoms with Gasteiger partial charge >= 0.3 is 29.6 Å². The molecule has 2 aliphatic heterocycles. The Kier molecular flexibility index (Phi) is 8.94. The summed E-state index contributed by atoms with van der Waals surface area (Å²) < 4.78 is 12.2. The maximum absolute atomic E-state index is 11.8. The van der Waals surface area contributed by atoms with Crippen molar-refractivity contribution in [2.45, 2.75) is 76.9 Å². The predicted molar refractivity (Wildman–Crippen MR) is 160 cm³/mol. The van der Waals surface area contributed by atoms with Crippen molar-refractivity contribution in [3.05, 3.63) is 77.0 Å². The molecule has 220 valence electrons. The van der Waals surface area contributed by atoms with Gasteiger partial charge in [-0.15, -0.1) is 0 Å². The van der Waals surface area contributed by atoms with Gasteiger partial charge in [0.1, 0.15) is 11.9 Å². The Labute approximate surface area is 277 Å². The zero-order valence-corrected chi connectivity index (χ0v) is 27.8. The molecular weight excluding hydrogens is 547 g/mol. The molecule has 43 heavy (non-hydrogen) atoms. The van der Waals surface area contributed by atoms with Gasteiger partial charge in [0.25, 0.3) is 0 Å². The molecule has 1 saturated heterocycles. The zero-order valence-electron chi connectivity index (χ0n) is 25.8. The number of ether oxygens (including phenoxy) is 2. The van der Waals surface area contributed by atoms with Gasteiger partial charge in [-0.3, -0.25) is 4.90 Å². The number of fused-ring (bicyclic) bond motifs is 1. The Morgan fingerprint density at radius 3 is 2.70 bits per heavy atom. The fourth-order valence-corrected chi connectivity index (χ4v) is 7.59. The average molecular weight is 589 g/mol. The number of benzene rings is 2. The molecule has 4 aliphatic rings. The normalized spacial score (nSPS) is 22.0. The molecule has 3 atom stereocenters. The predicted octanol–water partition coefficient (Wildman–Crippen LogP) is 3.08. The molecule has 6 nitrogen and oxygen atoms in total. The number of likely N-dealkylation sites (tertiary alicyclic amines) is 1. The van der Waals surface area contributed by atoms with E-state index in [1.165, 1.54) is 54.5 Å². The van der Waals surface area contributed by atoms with Gasteiger partial charge in [-0.05, 0) is 121 Å². The van der Waals surface area contributed by atoms with Crippen LogP contribution in [0.1, 0.15) is 86.1 Å². The molecule has 2 aromatic carbocycles. The van der Waals surface area contributed by atoms with Crippen LogP contribution in [0.2, 0.25) is 0 Å². The molecule has 1 aromatic heterocycles. The maximum atomic E-state index is 11.8. The van der Waals surface area contributed by atoms with Crippen LogP contribution in [0.15, 0.2) is 54.7 Å². The average Bonchev–Trinajstić information content (AvgIpc) is 3.96. The summed E-state index contributed by atoms with van der Waals surface area (Å²) in [5.41, 5.74) is 7.69. The third-order valence-electron chi connectivity index (χ3n) is 10.3. The van der Waals surface area contributed by atoms with Gasteiger partial charge in [0, 0.05) is 37.2 Å². The number of hydrogen-bond acceptors (Lipinski definition) is 6. The van der Waals surface area contributed by atoms with Gasteiger partial charge in [-0.25, -0.2) is 4.98 Å². The Bertz CT molecular complexity index is 1480. The van der Waals surface area contributed by atoms with E-state index in [2.05, 4.69) is 52.3 Å². The van der Waals surface area contributed by atoms with Crippen molar-refractivity contribution in [3.63, 3.8) is 0 Å². The van der Waals surface area contributed by atoms with Gasteiger partial charge < -0.3 is 19.4 Å².